The molecule has 5 nitrogen and oxygen atoms in total. The number of hydrogen-bond acceptors (Lipinski definition) is 3. The van der Waals surface area contributed by atoms with Crippen LogP contribution < -0.4 is 0 Å². The average molecular weight is 381 g/mol. The number of benzene rings is 1. The third-order valence-corrected chi connectivity index (χ3v) is 4.73. The third kappa shape index (κ3) is 3.84. The van der Waals surface area contributed by atoms with Crippen LogP contribution in [0.1, 0.15) is 60.8 Å². The highest BCUT2D eigenvalue weighted by Gasteiger charge is 2.37. The van der Waals surface area contributed by atoms with Crippen molar-refractivity contribution in [2.75, 3.05) is 13.1 Å². The van der Waals surface area contributed by atoms with E-state index in [0.717, 1.165) is 12.8 Å². The molecular formula is C19H22F3N3O2. The van der Waals surface area contributed by atoms with Crippen molar-refractivity contribution in [3.05, 3.63) is 29.1 Å². The van der Waals surface area contributed by atoms with Crippen LogP contribution in [0.2, 0.25) is 0 Å². The van der Waals surface area contributed by atoms with Crippen molar-refractivity contribution in [3.8, 4) is 0 Å². The first-order valence-electron chi connectivity index (χ1n) is 8.99. The van der Waals surface area contributed by atoms with E-state index in [1.165, 1.54) is 29.5 Å². The first-order chi connectivity index (χ1) is 12.6. The van der Waals surface area contributed by atoms with Gasteiger partial charge in [0, 0.05) is 13.6 Å². The Labute approximate surface area is 155 Å². The van der Waals surface area contributed by atoms with Gasteiger partial charge in [-0.3, -0.25) is 9.59 Å². The standard InChI is InChI=1S/C19H22F3N3O2/c1-4-7-25(10-11(2)26)18(27)17-23-15-9-13(12-5-6-12)8-14(19(20,21)22)16(15)24(17)3/h8-9,12H,4-7,10H2,1-3H3. The molecule has 8 heteroatoms. The largest absolute Gasteiger partial charge is 0.418 e. The van der Waals surface area contributed by atoms with Gasteiger partial charge in [-0.1, -0.05) is 6.92 Å². The minimum absolute atomic E-state index is 0.0850. The van der Waals surface area contributed by atoms with E-state index in [9.17, 15) is 22.8 Å². The monoisotopic (exact) mass is 381 g/mol. The highest BCUT2D eigenvalue weighted by Crippen LogP contribution is 2.44. The summed E-state index contributed by atoms with van der Waals surface area (Å²) in [4.78, 5) is 29.9. The minimum Gasteiger partial charge on any atom is -0.329 e. The van der Waals surface area contributed by atoms with E-state index in [0.29, 0.717) is 18.5 Å². The molecule has 1 heterocycles. The van der Waals surface area contributed by atoms with Crippen molar-refractivity contribution in [2.24, 2.45) is 7.05 Å². The first kappa shape index (κ1) is 19.4. The molecule has 0 unspecified atom stereocenters. The van der Waals surface area contributed by atoms with Gasteiger partial charge >= 0.3 is 6.18 Å². The van der Waals surface area contributed by atoms with Crippen molar-refractivity contribution >= 4 is 22.7 Å². The van der Waals surface area contributed by atoms with Gasteiger partial charge in [-0.25, -0.2) is 4.98 Å². The second-order valence-electron chi connectivity index (χ2n) is 7.13. The fourth-order valence-corrected chi connectivity index (χ4v) is 3.37. The van der Waals surface area contributed by atoms with Crippen molar-refractivity contribution in [3.63, 3.8) is 0 Å². The summed E-state index contributed by atoms with van der Waals surface area (Å²) in [6.45, 7) is 3.48. The van der Waals surface area contributed by atoms with Gasteiger partial charge in [-0.2, -0.15) is 13.2 Å². The molecule has 146 valence electrons. The summed E-state index contributed by atoms with van der Waals surface area (Å²) >= 11 is 0. The number of fused-ring (bicyclic) bond motifs is 1. The maximum atomic E-state index is 13.6. The molecule has 1 amide bonds. The van der Waals surface area contributed by atoms with Gasteiger partial charge in [-0.05, 0) is 49.8 Å². The zero-order chi connectivity index (χ0) is 19.9. The summed E-state index contributed by atoms with van der Waals surface area (Å²) in [5, 5.41) is 0. The van der Waals surface area contributed by atoms with E-state index in [4.69, 9.17) is 0 Å². The Bertz CT molecular complexity index is 898. The molecule has 1 aliphatic rings. The van der Waals surface area contributed by atoms with E-state index >= 15 is 0 Å². The summed E-state index contributed by atoms with van der Waals surface area (Å²) in [5.41, 5.74) is -0.1000. The summed E-state index contributed by atoms with van der Waals surface area (Å²) in [7, 11) is 1.41. The minimum atomic E-state index is -4.54. The summed E-state index contributed by atoms with van der Waals surface area (Å²) in [6, 6.07) is 2.82. The SMILES string of the molecule is CCCN(CC(C)=O)C(=O)c1nc2cc(C3CC3)cc(C(F)(F)F)c2n1C. The van der Waals surface area contributed by atoms with Crippen LogP contribution in [-0.4, -0.2) is 39.2 Å². The topological polar surface area (TPSA) is 55.2 Å². The Kier molecular flexibility index (Phi) is 5.01. The van der Waals surface area contributed by atoms with E-state index in [1.54, 1.807) is 6.07 Å². The number of Topliss-reactive ketones (excluding diaryl/α,β-unsaturated/α-hetero) is 1. The zero-order valence-corrected chi connectivity index (χ0v) is 15.6. The van der Waals surface area contributed by atoms with Gasteiger partial charge in [0.25, 0.3) is 5.91 Å². The van der Waals surface area contributed by atoms with Crippen LogP contribution in [0, 0.1) is 0 Å². The quantitative estimate of drug-likeness (QED) is 0.762. The molecule has 1 saturated carbocycles. The smallest absolute Gasteiger partial charge is 0.329 e. The van der Waals surface area contributed by atoms with Gasteiger partial charge in [-0.15, -0.1) is 0 Å². The molecule has 27 heavy (non-hydrogen) atoms. The Balaban J connectivity index is 2.13. The Morgan fingerprint density at radius 3 is 2.48 bits per heavy atom. The van der Waals surface area contributed by atoms with E-state index in [2.05, 4.69) is 4.98 Å². The number of nitrogens with zero attached hydrogens (tertiary/aromatic N) is 3. The molecule has 0 radical (unpaired) electrons. The van der Waals surface area contributed by atoms with E-state index in [1.807, 2.05) is 6.92 Å². The molecule has 0 spiro atoms. The lowest BCUT2D eigenvalue weighted by molar-refractivity contribution is -0.136. The molecule has 1 aliphatic carbocycles. The molecule has 0 saturated heterocycles. The molecule has 0 bridgehead atoms. The molecule has 1 fully saturated rings. The Hall–Kier alpha value is -2.38. The second kappa shape index (κ2) is 6.98. The van der Waals surface area contributed by atoms with Crippen LogP contribution in [0.3, 0.4) is 0 Å². The van der Waals surface area contributed by atoms with Crippen LogP contribution in [0.15, 0.2) is 12.1 Å². The molecule has 0 aliphatic heterocycles. The fourth-order valence-electron chi connectivity index (χ4n) is 3.37. The van der Waals surface area contributed by atoms with Crippen molar-refractivity contribution in [1.82, 2.24) is 14.5 Å². The third-order valence-electron chi connectivity index (χ3n) is 4.73. The fraction of sp³-hybridized carbons (Fsp3) is 0.526. The molecule has 1 aromatic heterocycles. The van der Waals surface area contributed by atoms with Gasteiger partial charge < -0.3 is 9.47 Å². The lowest BCUT2D eigenvalue weighted by Gasteiger charge is -2.20. The van der Waals surface area contributed by atoms with Gasteiger partial charge in [0.15, 0.2) is 5.82 Å². The number of hydrogen-bond donors (Lipinski definition) is 0. The second-order valence-corrected chi connectivity index (χ2v) is 7.13. The van der Waals surface area contributed by atoms with Gasteiger partial charge in [0.2, 0.25) is 0 Å². The molecule has 0 atom stereocenters. The normalized spacial score (nSPS) is 14.6. The van der Waals surface area contributed by atoms with Gasteiger partial charge in [0.05, 0.1) is 23.1 Å². The molecule has 3 rings (SSSR count). The highest BCUT2D eigenvalue weighted by atomic mass is 19.4. The molecule has 2 aromatic rings. The lowest BCUT2D eigenvalue weighted by Crippen LogP contribution is -2.37. The molecular weight excluding hydrogens is 359 g/mol. The number of amides is 1. The van der Waals surface area contributed by atoms with E-state index < -0.39 is 17.6 Å². The number of ketones is 1. The Morgan fingerprint density at radius 1 is 1.30 bits per heavy atom. The maximum absolute atomic E-state index is 13.6. The number of rotatable bonds is 6. The summed E-state index contributed by atoms with van der Waals surface area (Å²) in [5.74, 6) is -0.682. The number of carbonyl (C=O) groups excluding carboxylic acids is 2. The van der Waals surface area contributed by atoms with Crippen LogP contribution in [0.25, 0.3) is 11.0 Å². The highest BCUT2D eigenvalue weighted by molar-refractivity contribution is 5.97. The number of imidazole rings is 1. The lowest BCUT2D eigenvalue weighted by atomic mass is 10.0. The number of halogens is 3. The van der Waals surface area contributed by atoms with Crippen molar-refractivity contribution < 1.29 is 22.8 Å². The van der Waals surface area contributed by atoms with E-state index in [-0.39, 0.29) is 35.1 Å². The van der Waals surface area contributed by atoms with Crippen LogP contribution >= 0.6 is 0 Å². The molecule has 1 aromatic carbocycles. The predicted molar refractivity (Wildman–Crippen MR) is 94.6 cm³/mol. The first-order valence-corrected chi connectivity index (χ1v) is 8.99. The van der Waals surface area contributed by atoms with Crippen molar-refractivity contribution in [1.29, 1.82) is 0 Å². The molecule has 0 N–H and O–H groups in total. The number of carbonyl (C=O) groups is 2. The maximum Gasteiger partial charge on any atom is 0.418 e. The Morgan fingerprint density at radius 2 is 1.96 bits per heavy atom. The van der Waals surface area contributed by atoms with Crippen molar-refractivity contribution in [2.45, 2.75) is 45.2 Å². The average Bonchev–Trinajstić information content (AvgIpc) is 3.36. The number of aryl methyl sites for hydroxylation is 1. The predicted octanol–water partition coefficient (Wildman–Crippen LogP) is 3.91. The van der Waals surface area contributed by atoms with Crippen LogP contribution in [0.5, 0.6) is 0 Å². The number of alkyl halides is 3. The van der Waals surface area contributed by atoms with Crippen LogP contribution in [-0.2, 0) is 18.0 Å². The number of aromatic nitrogens is 2. The summed E-state index contributed by atoms with van der Waals surface area (Å²) < 4.78 is 42.1. The van der Waals surface area contributed by atoms with Crippen LogP contribution in [0.4, 0.5) is 13.2 Å². The summed E-state index contributed by atoms with van der Waals surface area (Å²) in [6.07, 6.45) is -2.18. The zero-order valence-electron chi connectivity index (χ0n) is 15.6. The van der Waals surface area contributed by atoms with Gasteiger partial charge in [0.1, 0.15) is 5.78 Å².